The van der Waals surface area contributed by atoms with Gasteiger partial charge in [0.15, 0.2) is 0 Å². The van der Waals surface area contributed by atoms with Crippen LogP contribution in [0.3, 0.4) is 0 Å². The van der Waals surface area contributed by atoms with Crippen LogP contribution >= 0.6 is 0 Å². The fourth-order valence-corrected chi connectivity index (χ4v) is 2.51. The van der Waals surface area contributed by atoms with E-state index in [1.165, 1.54) is 5.52 Å². The Hall–Kier alpha value is -2.29. The number of para-hydroxylation sites is 2. The van der Waals surface area contributed by atoms with Crippen molar-refractivity contribution in [1.82, 2.24) is 9.55 Å². The maximum Gasteiger partial charge on any atom is 0.141 e. The number of ether oxygens (including phenoxy) is 1. The summed E-state index contributed by atoms with van der Waals surface area (Å²) < 4.78 is 7.49. The van der Waals surface area contributed by atoms with Crippen molar-refractivity contribution >= 4 is 11.0 Å². The highest BCUT2D eigenvalue weighted by Crippen LogP contribution is 2.29. The van der Waals surface area contributed by atoms with E-state index in [0.717, 1.165) is 22.7 Å². The van der Waals surface area contributed by atoms with Gasteiger partial charge < -0.3 is 9.30 Å². The van der Waals surface area contributed by atoms with Gasteiger partial charge in [-0.3, -0.25) is 0 Å². The standard InChI is InChI=1S/C17H18N2O/c1-12(2)19-16-7-5-4-6-15(16)18-17(19)13-8-10-14(20-3)11-9-13/h4-12H,1-3H3. The first kappa shape index (κ1) is 12.7. The lowest BCUT2D eigenvalue weighted by Crippen LogP contribution is -2.02. The second kappa shape index (κ2) is 5.00. The monoisotopic (exact) mass is 266 g/mol. The molecule has 0 bridgehead atoms. The number of fused-ring (bicyclic) bond motifs is 1. The summed E-state index contributed by atoms with van der Waals surface area (Å²) >= 11 is 0. The second-order valence-corrected chi connectivity index (χ2v) is 5.12. The average Bonchev–Trinajstić information content (AvgIpc) is 2.86. The van der Waals surface area contributed by atoms with Crippen molar-refractivity contribution in [3.05, 3.63) is 48.5 Å². The largest absolute Gasteiger partial charge is 0.497 e. The molecule has 0 N–H and O–H groups in total. The summed E-state index contributed by atoms with van der Waals surface area (Å²) in [5.74, 6) is 1.87. The third-order valence-electron chi connectivity index (χ3n) is 3.46. The number of imidazole rings is 1. The van der Waals surface area contributed by atoms with Crippen molar-refractivity contribution in [2.24, 2.45) is 0 Å². The smallest absolute Gasteiger partial charge is 0.141 e. The van der Waals surface area contributed by atoms with E-state index >= 15 is 0 Å². The van der Waals surface area contributed by atoms with Crippen LogP contribution in [-0.2, 0) is 0 Å². The number of rotatable bonds is 3. The summed E-state index contributed by atoms with van der Waals surface area (Å²) in [7, 11) is 1.68. The first-order valence-corrected chi connectivity index (χ1v) is 6.82. The van der Waals surface area contributed by atoms with E-state index in [2.05, 4.69) is 48.7 Å². The second-order valence-electron chi connectivity index (χ2n) is 5.12. The molecule has 0 radical (unpaired) electrons. The highest BCUT2D eigenvalue weighted by atomic mass is 16.5. The van der Waals surface area contributed by atoms with Crippen molar-refractivity contribution in [3.63, 3.8) is 0 Å². The molecule has 1 heterocycles. The van der Waals surface area contributed by atoms with Crippen LogP contribution in [-0.4, -0.2) is 16.7 Å². The number of nitrogens with zero attached hydrogens (tertiary/aromatic N) is 2. The Labute approximate surface area is 118 Å². The lowest BCUT2D eigenvalue weighted by atomic mass is 10.2. The molecule has 0 unspecified atom stereocenters. The van der Waals surface area contributed by atoms with Gasteiger partial charge in [0, 0.05) is 11.6 Å². The molecule has 3 aromatic rings. The lowest BCUT2D eigenvalue weighted by molar-refractivity contribution is 0.415. The van der Waals surface area contributed by atoms with Crippen LogP contribution in [0.25, 0.3) is 22.4 Å². The molecule has 0 saturated carbocycles. The molecule has 1 aromatic heterocycles. The van der Waals surface area contributed by atoms with Gasteiger partial charge in [0.2, 0.25) is 0 Å². The van der Waals surface area contributed by atoms with Crippen molar-refractivity contribution < 1.29 is 4.74 Å². The van der Waals surface area contributed by atoms with E-state index < -0.39 is 0 Å². The Bertz CT molecular complexity index is 726. The topological polar surface area (TPSA) is 27.1 Å². The molecule has 0 saturated heterocycles. The van der Waals surface area contributed by atoms with Crippen molar-refractivity contribution in [2.45, 2.75) is 19.9 Å². The van der Waals surface area contributed by atoms with Crippen molar-refractivity contribution in [3.8, 4) is 17.1 Å². The zero-order valence-electron chi connectivity index (χ0n) is 12.0. The molecule has 3 rings (SSSR count). The van der Waals surface area contributed by atoms with Crippen molar-refractivity contribution in [2.75, 3.05) is 7.11 Å². The predicted octanol–water partition coefficient (Wildman–Crippen LogP) is 4.29. The fraction of sp³-hybridized carbons (Fsp3) is 0.235. The maximum absolute atomic E-state index is 5.21. The van der Waals surface area contributed by atoms with Gasteiger partial charge >= 0.3 is 0 Å². The summed E-state index contributed by atoms with van der Waals surface area (Å²) in [6.07, 6.45) is 0. The molecule has 0 aliphatic rings. The molecule has 0 aliphatic heterocycles. The SMILES string of the molecule is COc1ccc(-c2nc3ccccc3n2C(C)C)cc1. The molecule has 0 aliphatic carbocycles. The van der Waals surface area contributed by atoms with Crippen LogP contribution < -0.4 is 4.74 Å². The van der Waals surface area contributed by atoms with E-state index in [9.17, 15) is 0 Å². The van der Waals surface area contributed by atoms with Gasteiger partial charge in [-0.15, -0.1) is 0 Å². The zero-order chi connectivity index (χ0) is 14.1. The van der Waals surface area contributed by atoms with Gasteiger partial charge in [0.05, 0.1) is 18.1 Å². The molecule has 0 fully saturated rings. The Balaban J connectivity index is 2.21. The molecule has 3 heteroatoms. The number of hydrogen-bond acceptors (Lipinski definition) is 2. The van der Waals surface area contributed by atoms with Gasteiger partial charge in [-0.05, 0) is 50.2 Å². The van der Waals surface area contributed by atoms with Gasteiger partial charge in [0.1, 0.15) is 11.6 Å². The molecular formula is C17H18N2O. The highest BCUT2D eigenvalue weighted by molar-refractivity contribution is 5.80. The summed E-state index contributed by atoms with van der Waals surface area (Å²) in [5, 5.41) is 0. The minimum absolute atomic E-state index is 0.361. The Morgan fingerprint density at radius 3 is 2.35 bits per heavy atom. The number of benzene rings is 2. The van der Waals surface area contributed by atoms with Crippen LogP contribution in [0.4, 0.5) is 0 Å². The molecule has 3 nitrogen and oxygen atoms in total. The van der Waals surface area contributed by atoms with Gasteiger partial charge in [-0.2, -0.15) is 0 Å². The zero-order valence-corrected chi connectivity index (χ0v) is 12.0. The highest BCUT2D eigenvalue weighted by Gasteiger charge is 2.14. The molecule has 0 amide bonds. The summed E-state index contributed by atoms with van der Waals surface area (Å²) in [5.41, 5.74) is 3.32. The molecular weight excluding hydrogens is 248 g/mol. The number of hydrogen-bond donors (Lipinski definition) is 0. The first-order chi connectivity index (χ1) is 9.70. The molecule has 2 aromatic carbocycles. The normalized spacial score (nSPS) is 11.2. The van der Waals surface area contributed by atoms with Crippen LogP contribution in [0.15, 0.2) is 48.5 Å². The molecule has 20 heavy (non-hydrogen) atoms. The third-order valence-corrected chi connectivity index (χ3v) is 3.46. The Morgan fingerprint density at radius 2 is 1.70 bits per heavy atom. The van der Waals surface area contributed by atoms with Crippen LogP contribution in [0.5, 0.6) is 5.75 Å². The van der Waals surface area contributed by atoms with E-state index in [-0.39, 0.29) is 0 Å². The van der Waals surface area contributed by atoms with Crippen LogP contribution in [0.1, 0.15) is 19.9 Å². The van der Waals surface area contributed by atoms with E-state index in [0.29, 0.717) is 6.04 Å². The minimum Gasteiger partial charge on any atom is -0.497 e. The quantitative estimate of drug-likeness (QED) is 0.707. The van der Waals surface area contributed by atoms with Crippen LogP contribution in [0, 0.1) is 0 Å². The fourth-order valence-electron chi connectivity index (χ4n) is 2.51. The van der Waals surface area contributed by atoms with E-state index in [1.807, 2.05) is 18.2 Å². The first-order valence-electron chi connectivity index (χ1n) is 6.82. The molecule has 0 spiro atoms. The number of methoxy groups -OCH3 is 1. The van der Waals surface area contributed by atoms with Gasteiger partial charge in [-0.25, -0.2) is 4.98 Å². The maximum atomic E-state index is 5.21. The minimum atomic E-state index is 0.361. The summed E-state index contributed by atoms with van der Waals surface area (Å²) in [6, 6.07) is 16.7. The van der Waals surface area contributed by atoms with E-state index in [1.54, 1.807) is 7.11 Å². The number of aromatic nitrogens is 2. The summed E-state index contributed by atoms with van der Waals surface area (Å²) in [6.45, 7) is 4.36. The predicted molar refractivity (Wildman–Crippen MR) is 82.1 cm³/mol. The molecule has 102 valence electrons. The lowest BCUT2D eigenvalue weighted by Gasteiger charge is -2.13. The summed E-state index contributed by atoms with van der Waals surface area (Å²) in [4.78, 5) is 4.78. The van der Waals surface area contributed by atoms with Crippen LogP contribution in [0.2, 0.25) is 0 Å². The Morgan fingerprint density at radius 1 is 1.00 bits per heavy atom. The van der Waals surface area contributed by atoms with Gasteiger partial charge in [0.25, 0.3) is 0 Å². The Kier molecular flexibility index (Phi) is 3.18. The van der Waals surface area contributed by atoms with Crippen molar-refractivity contribution in [1.29, 1.82) is 0 Å². The molecule has 0 atom stereocenters. The van der Waals surface area contributed by atoms with E-state index in [4.69, 9.17) is 9.72 Å². The average molecular weight is 266 g/mol. The van der Waals surface area contributed by atoms with Gasteiger partial charge in [-0.1, -0.05) is 12.1 Å². The third kappa shape index (κ3) is 2.05.